The first-order valence-corrected chi connectivity index (χ1v) is 10.8. The molecule has 1 heterocycles. The Bertz CT molecular complexity index is 449. The van der Waals surface area contributed by atoms with E-state index in [0.717, 1.165) is 25.2 Å². The Kier molecular flexibility index (Phi) is 10.8. The van der Waals surface area contributed by atoms with Crippen molar-refractivity contribution < 1.29 is 14.2 Å². The highest BCUT2D eigenvalue weighted by molar-refractivity contribution is 5.28. The third kappa shape index (κ3) is 8.09. The number of hydrogen-bond donors (Lipinski definition) is 0. The summed E-state index contributed by atoms with van der Waals surface area (Å²) in [6, 6.07) is 8.33. The lowest BCUT2D eigenvalue weighted by Gasteiger charge is -2.30. The summed E-state index contributed by atoms with van der Waals surface area (Å²) in [5.74, 6) is 0.951. The van der Waals surface area contributed by atoms with Gasteiger partial charge >= 0.3 is 0 Å². The Morgan fingerprint density at radius 3 is 2.15 bits per heavy atom. The van der Waals surface area contributed by atoms with Crippen LogP contribution in [0.2, 0.25) is 0 Å². The van der Waals surface area contributed by atoms with E-state index < -0.39 is 0 Å². The van der Waals surface area contributed by atoms with Crippen molar-refractivity contribution in [3.8, 4) is 5.75 Å². The average molecular weight is 363 g/mol. The summed E-state index contributed by atoms with van der Waals surface area (Å²) >= 11 is 0. The Morgan fingerprint density at radius 2 is 1.50 bits per heavy atom. The zero-order chi connectivity index (χ0) is 18.5. The van der Waals surface area contributed by atoms with Crippen LogP contribution in [0.5, 0.6) is 5.75 Å². The Balaban J connectivity index is 1.62. The summed E-state index contributed by atoms with van der Waals surface area (Å²) in [5.41, 5.74) is 1.18. The molecule has 2 rings (SSSR count). The number of benzene rings is 1. The standard InChI is InChI=1S/C23H38O3/c1-3-5-7-9-10-12-22-18-26-23(19-25-22)20-13-15-21(16-14-20)24-17-11-8-6-4-2/h13-16,22-23H,3-12,17-19H2,1-2H3/t22-,23-/m0/s1. The van der Waals surface area contributed by atoms with Gasteiger partial charge in [-0.3, -0.25) is 0 Å². The van der Waals surface area contributed by atoms with Gasteiger partial charge in [0.25, 0.3) is 0 Å². The SMILES string of the molecule is CCCCCCC[C@H]1CO[C@H](c2ccc(OCCCCCC)cc2)CO1. The lowest BCUT2D eigenvalue weighted by molar-refractivity contribution is -0.137. The minimum Gasteiger partial charge on any atom is -0.494 e. The van der Waals surface area contributed by atoms with Crippen LogP contribution in [-0.4, -0.2) is 25.9 Å². The average Bonchev–Trinajstić information content (AvgIpc) is 2.69. The summed E-state index contributed by atoms with van der Waals surface area (Å²) in [5, 5.41) is 0. The smallest absolute Gasteiger partial charge is 0.119 e. The minimum atomic E-state index is 0.0601. The van der Waals surface area contributed by atoms with Crippen molar-refractivity contribution in [3.05, 3.63) is 29.8 Å². The minimum absolute atomic E-state index is 0.0601. The van der Waals surface area contributed by atoms with Gasteiger partial charge in [0, 0.05) is 0 Å². The van der Waals surface area contributed by atoms with Gasteiger partial charge in [-0.1, -0.05) is 77.3 Å². The van der Waals surface area contributed by atoms with Crippen molar-refractivity contribution in [1.29, 1.82) is 0 Å². The molecule has 1 aromatic carbocycles. The van der Waals surface area contributed by atoms with E-state index in [0.29, 0.717) is 13.2 Å². The van der Waals surface area contributed by atoms with Gasteiger partial charge in [-0.05, 0) is 30.5 Å². The van der Waals surface area contributed by atoms with Gasteiger partial charge in [-0.2, -0.15) is 0 Å². The van der Waals surface area contributed by atoms with E-state index in [1.165, 1.54) is 56.9 Å². The zero-order valence-corrected chi connectivity index (χ0v) is 16.9. The maximum atomic E-state index is 6.05. The van der Waals surface area contributed by atoms with Crippen molar-refractivity contribution in [1.82, 2.24) is 0 Å². The van der Waals surface area contributed by atoms with E-state index in [9.17, 15) is 0 Å². The van der Waals surface area contributed by atoms with Crippen LogP contribution in [0.25, 0.3) is 0 Å². The van der Waals surface area contributed by atoms with Gasteiger partial charge in [0.15, 0.2) is 0 Å². The molecule has 1 saturated heterocycles. The molecule has 0 amide bonds. The van der Waals surface area contributed by atoms with Crippen molar-refractivity contribution in [2.24, 2.45) is 0 Å². The summed E-state index contributed by atoms with van der Waals surface area (Å²) in [6.07, 6.45) is 13.0. The molecule has 0 radical (unpaired) electrons. The molecule has 0 aliphatic carbocycles. The highest BCUT2D eigenvalue weighted by atomic mass is 16.6. The maximum absolute atomic E-state index is 6.05. The highest BCUT2D eigenvalue weighted by Gasteiger charge is 2.23. The second kappa shape index (κ2) is 13.2. The van der Waals surface area contributed by atoms with Crippen LogP contribution in [0.1, 0.15) is 89.7 Å². The van der Waals surface area contributed by atoms with Crippen LogP contribution in [0.3, 0.4) is 0 Å². The van der Waals surface area contributed by atoms with Crippen LogP contribution in [-0.2, 0) is 9.47 Å². The van der Waals surface area contributed by atoms with Crippen LogP contribution in [0.4, 0.5) is 0 Å². The lowest BCUT2D eigenvalue weighted by Crippen LogP contribution is -2.31. The second-order valence-corrected chi connectivity index (χ2v) is 7.46. The molecular weight excluding hydrogens is 324 g/mol. The quantitative estimate of drug-likeness (QED) is 0.377. The molecule has 2 atom stereocenters. The Morgan fingerprint density at radius 1 is 0.808 bits per heavy atom. The first-order chi connectivity index (χ1) is 12.8. The summed E-state index contributed by atoms with van der Waals surface area (Å²) < 4.78 is 17.9. The van der Waals surface area contributed by atoms with Crippen LogP contribution >= 0.6 is 0 Å². The first kappa shape index (κ1) is 21.2. The Hall–Kier alpha value is -1.06. The Labute approximate surface area is 160 Å². The number of rotatable bonds is 13. The van der Waals surface area contributed by atoms with Gasteiger partial charge in [0.1, 0.15) is 11.9 Å². The zero-order valence-electron chi connectivity index (χ0n) is 16.9. The third-order valence-electron chi connectivity index (χ3n) is 5.11. The normalized spacial score (nSPS) is 20.2. The van der Waals surface area contributed by atoms with Crippen LogP contribution < -0.4 is 4.74 Å². The van der Waals surface area contributed by atoms with E-state index in [1.54, 1.807) is 0 Å². The van der Waals surface area contributed by atoms with Gasteiger partial charge < -0.3 is 14.2 Å². The maximum Gasteiger partial charge on any atom is 0.119 e. The number of unbranched alkanes of at least 4 members (excludes halogenated alkanes) is 7. The second-order valence-electron chi connectivity index (χ2n) is 7.46. The van der Waals surface area contributed by atoms with Crippen molar-refractivity contribution in [3.63, 3.8) is 0 Å². The fourth-order valence-electron chi connectivity index (χ4n) is 3.38. The molecule has 3 nitrogen and oxygen atoms in total. The van der Waals surface area contributed by atoms with Crippen molar-refractivity contribution in [2.75, 3.05) is 19.8 Å². The predicted octanol–water partition coefficient (Wildman–Crippen LogP) is 6.46. The molecule has 0 saturated carbocycles. The summed E-state index contributed by atoms with van der Waals surface area (Å²) in [7, 11) is 0. The van der Waals surface area contributed by atoms with Crippen molar-refractivity contribution >= 4 is 0 Å². The lowest BCUT2D eigenvalue weighted by atomic mass is 10.1. The highest BCUT2D eigenvalue weighted by Crippen LogP contribution is 2.26. The largest absolute Gasteiger partial charge is 0.494 e. The van der Waals surface area contributed by atoms with E-state index in [1.807, 2.05) is 0 Å². The van der Waals surface area contributed by atoms with Crippen LogP contribution in [0.15, 0.2) is 24.3 Å². The first-order valence-electron chi connectivity index (χ1n) is 10.8. The van der Waals surface area contributed by atoms with Gasteiger partial charge in [-0.15, -0.1) is 0 Å². The van der Waals surface area contributed by atoms with E-state index in [4.69, 9.17) is 14.2 Å². The molecule has 0 unspecified atom stereocenters. The summed E-state index contributed by atoms with van der Waals surface area (Å²) in [6.45, 7) is 6.67. The molecule has 0 N–H and O–H groups in total. The molecule has 1 fully saturated rings. The molecule has 148 valence electrons. The topological polar surface area (TPSA) is 27.7 Å². The number of ether oxygens (including phenoxy) is 3. The fourth-order valence-corrected chi connectivity index (χ4v) is 3.38. The van der Waals surface area contributed by atoms with Crippen molar-refractivity contribution in [2.45, 2.75) is 90.3 Å². The molecule has 3 heteroatoms. The van der Waals surface area contributed by atoms with Gasteiger partial charge in [0.2, 0.25) is 0 Å². The molecule has 0 bridgehead atoms. The van der Waals surface area contributed by atoms with E-state index >= 15 is 0 Å². The summed E-state index contributed by atoms with van der Waals surface area (Å²) in [4.78, 5) is 0. The predicted molar refractivity (Wildman–Crippen MR) is 108 cm³/mol. The van der Waals surface area contributed by atoms with E-state index in [2.05, 4.69) is 38.1 Å². The fraction of sp³-hybridized carbons (Fsp3) is 0.739. The van der Waals surface area contributed by atoms with Gasteiger partial charge in [-0.25, -0.2) is 0 Å². The third-order valence-corrected chi connectivity index (χ3v) is 5.11. The molecule has 1 aliphatic rings. The molecule has 0 spiro atoms. The molecule has 0 aromatic heterocycles. The van der Waals surface area contributed by atoms with E-state index in [-0.39, 0.29) is 12.2 Å². The molecule has 1 aromatic rings. The molecular formula is C23H38O3. The molecule has 1 aliphatic heterocycles. The van der Waals surface area contributed by atoms with Crippen LogP contribution in [0, 0.1) is 0 Å². The van der Waals surface area contributed by atoms with Gasteiger partial charge in [0.05, 0.1) is 25.9 Å². The molecule has 26 heavy (non-hydrogen) atoms. The number of hydrogen-bond acceptors (Lipinski definition) is 3. The monoisotopic (exact) mass is 362 g/mol.